The summed E-state index contributed by atoms with van der Waals surface area (Å²) in [6.07, 6.45) is -11.0. The van der Waals surface area contributed by atoms with Crippen LogP contribution in [-0.2, 0) is 52.6 Å². The number of hydroxylamine groups is 2. The average molecular weight is 793 g/mol. The van der Waals surface area contributed by atoms with Crippen molar-refractivity contribution in [2.75, 3.05) is 39.5 Å². The van der Waals surface area contributed by atoms with Crippen LogP contribution in [0.3, 0.4) is 0 Å². The minimum atomic E-state index is -1.62. The van der Waals surface area contributed by atoms with Gasteiger partial charge in [0.15, 0.2) is 12.6 Å². The molecule has 0 saturated carbocycles. The Morgan fingerprint density at radius 2 is 1.09 bits per heavy atom. The van der Waals surface area contributed by atoms with Crippen LogP contribution in [0.5, 0.6) is 0 Å². The molecule has 0 aliphatic carbocycles. The number of nitrogens with zero attached hydrogens (tertiary/aromatic N) is 2. The summed E-state index contributed by atoms with van der Waals surface area (Å²) in [5.41, 5.74) is 0. The molecule has 0 aromatic rings. The van der Waals surface area contributed by atoms with Crippen molar-refractivity contribution >= 4 is 35.1 Å². The Hall–Kier alpha value is -2.86. The number of ether oxygens (including phenoxy) is 4. The fraction of sp³-hybridized carbons (Fsp3) is 0.829. The van der Waals surface area contributed by atoms with Gasteiger partial charge >= 0.3 is 5.97 Å². The molecule has 314 valence electrons. The molecule has 10 atom stereocenters. The monoisotopic (exact) mass is 792 g/mol. The van der Waals surface area contributed by atoms with E-state index in [2.05, 4.69) is 0 Å². The second-order valence-electron chi connectivity index (χ2n) is 14.0. The van der Waals surface area contributed by atoms with Crippen LogP contribution in [0.25, 0.3) is 0 Å². The van der Waals surface area contributed by atoms with E-state index in [1.165, 1.54) is 11.8 Å². The van der Waals surface area contributed by atoms with Crippen molar-refractivity contribution in [3.05, 3.63) is 0 Å². The molecule has 20 nitrogen and oxygen atoms in total. The number of hydrogen-bond donors (Lipinski definition) is 7. The van der Waals surface area contributed by atoms with Gasteiger partial charge in [0.1, 0.15) is 60.1 Å². The van der Waals surface area contributed by atoms with E-state index >= 15 is 0 Å². The molecule has 0 aromatic carbocycles. The molecule has 0 radical (unpaired) electrons. The molecule has 0 bridgehead atoms. The van der Waals surface area contributed by atoms with E-state index in [1.807, 2.05) is 0 Å². The zero-order chi connectivity index (χ0) is 40.7. The fourth-order valence-corrected chi connectivity index (χ4v) is 6.20. The highest BCUT2D eigenvalue weighted by Gasteiger charge is 2.44. The number of rotatable bonds is 25. The maximum absolute atomic E-state index is 12.9. The summed E-state index contributed by atoms with van der Waals surface area (Å²) < 4.78 is 21.6. The Bertz CT molecular complexity index is 1270. The van der Waals surface area contributed by atoms with Crippen molar-refractivity contribution in [1.29, 1.82) is 0 Å². The molecule has 7 N–H and O–H groups in total. The predicted octanol–water partition coefficient (Wildman–Crippen LogP) is -2.84. The Labute approximate surface area is 318 Å². The Morgan fingerprint density at radius 1 is 0.636 bits per heavy atom. The van der Waals surface area contributed by atoms with Crippen LogP contribution in [0.1, 0.15) is 84.0 Å². The Morgan fingerprint density at radius 3 is 1.60 bits per heavy atom. The first-order chi connectivity index (χ1) is 26.1. The number of carbonyl (C=O) groups is 6. The Kier molecular flexibility index (Phi) is 19.8. The quantitative estimate of drug-likeness (QED) is 0.0362. The SMILES string of the molecule is C[C@@H]1O[C@@H](OCCCC(=O)CN(CC(=O)CCCCCCC(=O)ON2C(=O)CCC2=O)CC(=O)CCCO[C@@H]2O[C@H](CO)[C@@H](O)[C@H](O)[C@@H]2O)[C@@H](O)[C@H](O)[C@@H]1O. The highest BCUT2D eigenvalue weighted by molar-refractivity contribution is 6.01. The van der Waals surface area contributed by atoms with E-state index in [4.69, 9.17) is 23.8 Å². The summed E-state index contributed by atoms with van der Waals surface area (Å²) in [6.45, 7) is 0.105. The van der Waals surface area contributed by atoms with Crippen molar-refractivity contribution in [2.45, 2.75) is 145 Å². The molecular weight excluding hydrogens is 736 g/mol. The smallest absolute Gasteiger partial charge is 0.333 e. The van der Waals surface area contributed by atoms with Gasteiger partial charge in [0.25, 0.3) is 11.8 Å². The molecule has 20 heteroatoms. The second kappa shape index (κ2) is 23.4. The molecule has 0 spiro atoms. The lowest BCUT2D eigenvalue weighted by Gasteiger charge is -2.39. The highest BCUT2D eigenvalue weighted by Crippen LogP contribution is 2.23. The largest absolute Gasteiger partial charge is 0.394 e. The first-order valence-corrected chi connectivity index (χ1v) is 18.7. The minimum Gasteiger partial charge on any atom is -0.394 e. The molecule has 3 aliphatic heterocycles. The first-order valence-electron chi connectivity index (χ1n) is 18.7. The molecule has 3 heterocycles. The van der Waals surface area contributed by atoms with Gasteiger partial charge in [-0.1, -0.05) is 12.8 Å². The minimum absolute atomic E-state index is 0.000751. The van der Waals surface area contributed by atoms with Crippen LogP contribution in [0.2, 0.25) is 0 Å². The maximum Gasteiger partial charge on any atom is 0.333 e. The average Bonchev–Trinajstić information content (AvgIpc) is 3.46. The van der Waals surface area contributed by atoms with Gasteiger partial charge in [-0.2, -0.15) is 0 Å². The number of amides is 2. The summed E-state index contributed by atoms with van der Waals surface area (Å²) in [5.74, 6) is -2.66. The van der Waals surface area contributed by atoms with Crippen molar-refractivity contribution in [2.24, 2.45) is 0 Å². The lowest BCUT2D eigenvalue weighted by molar-refractivity contribution is -0.301. The third-order valence-electron chi connectivity index (χ3n) is 9.41. The van der Waals surface area contributed by atoms with E-state index in [-0.39, 0.29) is 102 Å². The van der Waals surface area contributed by atoms with Crippen molar-refractivity contribution in [3.8, 4) is 0 Å². The van der Waals surface area contributed by atoms with Crippen LogP contribution in [-0.4, -0.2) is 182 Å². The van der Waals surface area contributed by atoms with Gasteiger partial charge < -0.3 is 59.5 Å². The van der Waals surface area contributed by atoms with Crippen LogP contribution in [0.4, 0.5) is 0 Å². The number of aliphatic hydroxyl groups is 7. The lowest BCUT2D eigenvalue weighted by Crippen LogP contribution is -2.59. The van der Waals surface area contributed by atoms with E-state index in [1.54, 1.807) is 0 Å². The van der Waals surface area contributed by atoms with E-state index in [0.29, 0.717) is 30.7 Å². The number of imide groups is 1. The summed E-state index contributed by atoms with van der Waals surface area (Å²) >= 11 is 0. The fourth-order valence-electron chi connectivity index (χ4n) is 6.20. The molecule has 0 aromatic heterocycles. The van der Waals surface area contributed by atoms with E-state index < -0.39 is 85.8 Å². The third-order valence-corrected chi connectivity index (χ3v) is 9.41. The van der Waals surface area contributed by atoms with Crippen molar-refractivity contribution in [3.63, 3.8) is 0 Å². The molecule has 3 fully saturated rings. The van der Waals surface area contributed by atoms with Gasteiger partial charge in [-0.3, -0.25) is 28.9 Å². The standard InChI is InChI=1S/C35H56N2O18/c1-20-28(45)30(47)32(49)34(53-20)51-14-6-9-22(40)17-36(18-23(41)10-7-15-52-35-33(50)31(48)29(46)24(19-38)54-35)16-21(39)8-4-2-3-5-11-27(44)55-37-25(42)12-13-26(37)43/h20,24,28-35,38,45-50H,2-19H2,1H3/t20-,24+,28+,29+,30+,31-,32-,33-,34+,35+/m0/s1. The molecular formula is C35H56N2O18. The lowest BCUT2D eigenvalue weighted by atomic mass is 9.99. The van der Waals surface area contributed by atoms with Gasteiger partial charge in [-0.25, -0.2) is 4.79 Å². The van der Waals surface area contributed by atoms with E-state index in [9.17, 15) is 64.5 Å². The zero-order valence-corrected chi connectivity index (χ0v) is 31.0. The third kappa shape index (κ3) is 14.9. The number of carbonyl (C=O) groups excluding carboxylic acids is 6. The van der Waals surface area contributed by atoms with Crippen molar-refractivity contribution < 1.29 is 88.3 Å². The molecule has 0 unspecified atom stereocenters. The van der Waals surface area contributed by atoms with Gasteiger partial charge in [0, 0.05) is 38.5 Å². The number of Topliss-reactive ketones (excluding diaryl/α,β-unsaturated/α-hetero) is 3. The maximum atomic E-state index is 12.9. The molecule has 3 rings (SSSR count). The first kappa shape index (κ1) is 46.5. The molecule has 3 aliphatic rings. The second-order valence-corrected chi connectivity index (χ2v) is 14.0. The van der Waals surface area contributed by atoms with Crippen LogP contribution < -0.4 is 0 Å². The van der Waals surface area contributed by atoms with Gasteiger partial charge in [-0.05, 0) is 32.6 Å². The predicted molar refractivity (Wildman–Crippen MR) is 183 cm³/mol. The number of aliphatic hydroxyl groups excluding tert-OH is 7. The van der Waals surface area contributed by atoms with Crippen LogP contribution in [0.15, 0.2) is 0 Å². The Balaban J connectivity index is 1.42. The van der Waals surface area contributed by atoms with Gasteiger partial charge in [0.2, 0.25) is 0 Å². The summed E-state index contributed by atoms with van der Waals surface area (Å²) in [7, 11) is 0. The normalized spacial score (nSPS) is 29.9. The molecule has 2 amide bonds. The zero-order valence-electron chi connectivity index (χ0n) is 31.0. The van der Waals surface area contributed by atoms with Gasteiger partial charge in [0.05, 0.1) is 45.6 Å². The van der Waals surface area contributed by atoms with Gasteiger partial charge in [-0.15, -0.1) is 5.06 Å². The summed E-state index contributed by atoms with van der Waals surface area (Å²) in [6, 6.07) is 0. The summed E-state index contributed by atoms with van der Waals surface area (Å²) in [4.78, 5) is 80.2. The van der Waals surface area contributed by atoms with Crippen molar-refractivity contribution in [1.82, 2.24) is 9.96 Å². The highest BCUT2D eigenvalue weighted by atomic mass is 16.7. The van der Waals surface area contributed by atoms with E-state index in [0.717, 1.165) is 0 Å². The summed E-state index contributed by atoms with van der Waals surface area (Å²) in [5, 5.41) is 69.7. The topological polar surface area (TPSA) is 297 Å². The number of unbranched alkanes of at least 4 members (excludes halogenated alkanes) is 3. The molecule has 3 saturated heterocycles. The molecule has 55 heavy (non-hydrogen) atoms. The van der Waals surface area contributed by atoms with Crippen LogP contribution in [0, 0.1) is 0 Å². The van der Waals surface area contributed by atoms with Crippen LogP contribution >= 0.6 is 0 Å². The number of hydrogen-bond acceptors (Lipinski definition) is 19. The number of ketones is 3.